The van der Waals surface area contributed by atoms with Gasteiger partial charge in [-0.25, -0.2) is 14.4 Å². The SMILES string of the molecule is Fc1ccc(N2CCN(c3cc(CNCc4cscn4)ccn3)CC2)cc1. The highest BCUT2D eigenvalue weighted by Crippen LogP contribution is 2.20. The van der Waals surface area contributed by atoms with E-state index in [1.165, 1.54) is 17.7 Å². The zero-order valence-electron chi connectivity index (χ0n) is 15.0. The van der Waals surface area contributed by atoms with Crippen LogP contribution in [0.15, 0.2) is 53.5 Å². The number of piperazine rings is 1. The Bertz CT molecular complexity index is 845. The normalized spacial score (nSPS) is 14.6. The van der Waals surface area contributed by atoms with Crippen LogP contribution in [0.5, 0.6) is 0 Å². The van der Waals surface area contributed by atoms with Gasteiger partial charge in [0.1, 0.15) is 11.6 Å². The highest BCUT2D eigenvalue weighted by atomic mass is 32.1. The van der Waals surface area contributed by atoms with Crippen LogP contribution in [0.25, 0.3) is 0 Å². The Balaban J connectivity index is 1.32. The van der Waals surface area contributed by atoms with Gasteiger partial charge in [0.05, 0.1) is 11.2 Å². The second kappa shape index (κ2) is 8.45. The van der Waals surface area contributed by atoms with Gasteiger partial charge in [-0.2, -0.15) is 0 Å². The highest BCUT2D eigenvalue weighted by Gasteiger charge is 2.18. The van der Waals surface area contributed by atoms with Gasteiger partial charge in [0.25, 0.3) is 0 Å². The van der Waals surface area contributed by atoms with Gasteiger partial charge in [0.2, 0.25) is 0 Å². The molecule has 0 bridgehead atoms. The second-order valence-electron chi connectivity index (χ2n) is 6.56. The predicted molar refractivity (Wildman–Crippen MR) is 108 cm³/mol. The van der Waals surface area contributed by atoms with Gasteiger partial charge < -0.3 is 15.1 Å². The maximum Gasteiger partial charge on any atom is 0.128 e. The molecule has 27 heavy (non-hydrogen) atoms. The number of halogens is 1. The topological polar surface area (TPSA) is 44.3 Å². The average Bonchev–Trinajstić information content (AvgIpc) is 3.23. The molecule has 3 heterocycles. The maximum atomic E-state index is 13.1. The predicted octanol–water partition coefficient (Wildman–Crippen LogP) is 3.29. The van der Waals surface area contributed by atoms with Gasteiger partial charge in [-0.3, -0.25) is 0 Å². The first kappa shape index (κ1) is 17.9. The van der Waals surface area contributed by atoms with Crippen molar-refractivity contribution in [3.63, 3.8) is 0 Å². The number of aromatic nitrogens is 2. The number of pyridine rings is 1. The zero-order chi connectivity index (χ0) is 18.5. The van der Waals surface area contributed by atoms with Crippen molar-refractivity contribution < 1.29 is 4.39 Å². The van der Waals surface area contributed by atoms with E-state index in [1.807, 2.05) is 29.9 Å². The van der Waals surface area contributed by atoms with Crippen molar-refractivity contribution in [3.05, 3.63) is 70.6 Å². The molecule has 1 aliphatic heterocycles. The quantitative estimate of drug-likeness (QED) is 0.708. The number of hydrogen-bond donors (Lipinski definition) is 1. The lowest BCUT2D eigenvalue weighted by molar-refractivity contribution is 0.624. The van der Waals surface area contributed by atoms with Crippen molar-refractivity contribution in [2.75, 3.05) is 36.0 Å². The summed E-state index contributed by atoms with van der Waals surface area (Å²) in [4.78, 5) is 13.4. The summed E-state index contributed by atoms with van der Waals surface area (Å²) < 4.78 is 13.1. The van der Waals surface area contributed by atoms with Crippen LogP contribution in [0.3, 0.4) is 0 Å². The van der Waals surface area contributed by atoms with E-state index in [-0.39, 0.29) is 5.82 Å². The lowest BCUT2D eigenvalue weighted by atomic mass is 10.2. The van der Waals surface area contributed by atoms with E-state index in [0.29, 0.717) is 0 Å². The molecule has 140 valence electrons. The third-order valence-corrected chi connectivity index (χ3v) is 5.36. The molecule has 5 nitrogen and oxygen atoms in total. The lowest BCUT2D eigenvalue weighted by Crippen LogP contribution is -2.46. The molecule has 1 saturated heterocycles. The first-order valence-corrected chi connectivity index (χ1v) is 10.0. The molecule has 0 saturated carbocycles. The molecule has 0 atom stereocenters. The Hall–Kier alpha value is -2.51. The maximum absolute atomic E-state index is 13.1. The minimum Gasteiger partial charge on any atom is -0.368 e. The average molecular weight is 383 g/mol. The van der Waals surface area contributed by atoms with Gasteiger partial charge in [-0.1, -0.05) is 0 Å². The van der Waals surface area contributed by atoms with Crippen LogP contribution >= 0.6 is 11.3 Å². The van der Waals surface area contributed by atoms with Crippen LogP contribution in [0.4, 0.5) is 15.9 Å². The highest BCUT2D eigenvalue weighted by molar-refractivity contribution is 7.07. The third-order valence-electron chi connectivity index (χ3n) is 4.72. The van der Waals surface area contributed by atoms with E-state index in [4.69, 9.17) is 0 Å². The van der Waals surface area contributed by atoms with Crippen molar-refractivity contribution in [3.8, 4) is 0 Å². The van der Waals surface area contributed by atoms with Crippen LogP contribution in [-0.2, 0) is 13.1 Å². The second-order valence-corrected chi connectivity index (χ2v) is 7.27. The first-order chi connectivity index (χ1) is 13.3. The van der Waals surface area contributed by atoms with Gasteiger partial charge in [-0.15, -0.1) is 11.3 Å². The van der Waals surface area contributed by atoms with Crippen molar-refractivity contribution in [1.82, 2.24) is 15.3 Å². The Morgan fingerprint density at radius 1 is 0.963 bits per heavy atom. The fourth-order valence-electron chi connectivity index (χ4n) is 3.25. The number of nitrogens with zero attached hydrogens (tertiary/aromatic N) is 4. The molecule has 1 aliphatic rings. The van der Waals surface area contributed by atoms with Gasteiger partial charge in [-0.05, 0) is 42.0 Å². The molecular weight excluding hydrogens is 361 g/mol. The summed E-state index contributed by atoms with van der Waals surface area (Å²) in [5.41, 5.74) is 5.22. The van der Waals surface area contributed by atoms with Crippen LogP contribution in [0, 0.1) is 5.82 Å². The van der Waals surface area contributed by atoms with Crippen molar-refractivity contribution in [2.45, 2.75) is 13.1 Å². The Morgan fingerprint density at radius 3 is 2.48 bits per heavy atom. The van der Waals surface area contributed by atoms with Gasteiger partial charge in [0, 0.05) is 56.5 Å². The summed E-state index contributed by atoms with van der Waals surface area (Å²) in [6, 6.07) is 10.9. The van der Waals surface area contributed by atoms with E-state index in [2.05, 4.69) is 36.5 Å². The Labute approximate surface area is 162 Å². The molecule has 2 aromatic heterocycles. The van der Waals surface area contributed by atoms with E-state index in [1.54, 1.807) is 11.3 Å². The van der Waals surface area contributed by atoms with E-state index >= 15 is 0 Å². The zero-order valence-corrected chi connectivity index (χ0v) is 15.8. The van der Waals surface area contributed by atoms with Crippen molar-refractivity contribution in [1.29, 1.82) is 0 Å². The molecule has 7 heteroatoms. The van der Waals surface area contributed by atoms with E-state index in [0.717, 1.165) is 56.5 Å². The summed E-state index contributed by atoms with van der Waals surface area (Å²) in [5, 5.41) is 5.49. The molecule has 4 rings (SSSR count). The number of nitrogens with one attached hydrogen (secondary N) is 1. The lowest BCUT2D eigenvalue weighted by Gasteiger charge is -2.36. The van der Waals surface area contributed by atoms with Gasteiger partial charge >= 0.3 is 0 Å². The molecular formula is C20H22FN5S. The van der Waals surface area contributed by atoms with Crippen molar-refractivity contribution in [2.24, 2.45) is 0 Å². The van der Waals surface area contributed by atoms with Crippen molar-refractivity contribution >= 4 is 22.8 Å². The number of anilines is 2. The largest absolute Gasteiger partial charge is 0.368 e. The number of hydrogen-bond acceptors (Lipinski definition) is 6. The van der Waals surface area contributed by atoms with Gasteiger partial charge in [0.15, 0.2) is 0 Å². The molecule has 1 fully saturated rings. The molecule has 0 aliphatic carbocycles. The third kappa shape index (κ3) is 4.61. The summed E-state index contributed by atoms with van der Waals surface area (Å²) >= 11 is 1.62. The minimum absolute atomic E-state index is 0.193. The Kier molecular flexibility index (Phi) is 5.60. The summed E-state index contributed by atoms with van der Waals surface area (Å²) in [6.07, 6.45) is 1.88. The molecule has 3 aromatic rings. The van der Waals surface area contributed by atoms with Crippen LogP contribution in [0.1, 0.15) is 11.3 Å². The number of thiazole rings is 1. The smallest absolute Gasteiger partial charge is 0.128 e. The molecule has 0 unspecified atom stereocenters. The summed E-state index contributed by atoms with van der Waals surface area (Å²) in [7, 11) is 0. The fraction of sp³-hybridized carbons (Fsp3) is 0.300. The Morgan fingerprint density at radius 2 is 1.74 bits per heavy atom. The summed E-state index contributed by atoms with van der Waals surface area (Å²) in [6.45, 7) is 5.18. The van der Waals surface area contributed by atoms with Crippen LogP contribution in [0.2, 0.25) is 0 Å². The molecule has 0 spiro atoms. The molecule has 1 N–H and O–H groups in total. The molecule has 1 aromatic carbocycles. The number of rotatable bonds is 6. The van der Waals surface area contributed by atoms with Crippen LogP contribution < -0.4 is 15.1 Å². The standard InChI is InChI=1S/C20H22FN5S/c21-17-1-3-19(4-2-17)25-7-9-26(10-8-25)20-11-16(5-6-23-20)12-22-13-18-14-27-15-24-18/h1-6,11,14-15,22H,7-10,12-13H2. The molecule has 0 radical (unpaired) electrons. The minimum atomic E-state index is -0.193. The van der Waals surface area contributed by atoms with E-state index < -0.39 is 0 Å². The molecule has 0 amide bonds. The van der Waals surface area contributed by atoms with Crippen LogP contribution in [-0.4, -0.2) is 36.1 Å². The number of benzene rings is 1. The summed E-state index contributed by atoms with van der Waals surface area (Å²) in [5.74, 6) is 0.823. The first-order valence-electron chi connectivity index (χ1n) is 9.06. The fourth-order valence-corrected chi connectivity index (χ4v) is 3.81. The monoisotopic (exact) mass is 383 g/mol. The van der Waals surface area contributed by atoms with E-state index in [9.17, 15) is 4.39 Å².